The van der Waals surface area contributed by atoms with Gasteiger partial charge in [-0.15, -0.1) is 0 Å². The second-order valence-corrected chi connectivity index (χ2v) is 7.37. The smallest absolute Gasteiger partial charge is 0.254 e. The van der Waals surface area contributed by atoms with Gasteiger partial charge in [-0.25, -0.2) is 0 Å². The van der Waals surface area contributed by atoms with Crippen molar-refractivity contribution in [2.45, 2.75) is 19.9 Å². The van der Waals surface area contributed by atoms with E-state index in [1.165, 1.54) is 0 Å². The fourth-order valence-electron chi connectivity index (χ4n) is 3.12. The van der Waals surface area contributed by atoms with Gasteiger partial charge in [0.15, 0.2) is 0 Å². The topological polar surface area (TPSA) is 61.4 Å². The Labute approximate surface area is 164 Å². The third-order valence-electron chi connectivity index (χ3n) is 4.69. The SMILES string of the molecule is CC(C)C(=O)Nc1ccc(C(=O)N2CCNCC2c2ccccc2Cl)cc1. The Balaban J connectivity index is 1.79. The summed E-state index contributed by atoms with van der Waals surface area (Å²) in [6.07, 6.45) is 0. The van der Waals surface area contributed by atoms with Crippen LogP contribution in [0.1, 0.15) is 35.8 Å². The van der Waals surface area contributed by atoms with E-state index in [2.05, 4.69) is 10.6 Å². The lowest BCUT2D eigenvalue weighted by atomic mass is 10.0. The summed E-state index contributed by atoms with van der Waals surface area (Å²) in [6, 6.07) is 14.6. The summed E-state index contributed by atoms with van der Waals surface area (Å²) in [4.78, 5) is 26.8. The van der Waals surface area contributed by atoms with E-state index in [9.17, 15) is 9.59 Å². The molecule has 0 spiro atoms. The summed E-state index contributed by atoms with van der Waals surface area (Å²) in [7, 11) is 0. The first kappa shape index (κ1) is 19.4. The molecule has 1 saturated heterocycles. The summed E-state index contributed by atoms with van der Waals surface area (Å²) in [5, 5.41) is 6.84. The van der Waals surface area contributed by atoms with Crippen LogP contribution in [0, 0.1) is 5.92 Å². The molecule has 2 aromatic carbocycles. The second-order valence-electron chi connectivity index (χ2n) is 6.96. The van der Waals surface area contributed by atoms with Crippen LogP contribution in [-0.4, -0.2) is 36.3 Å². The summed E-state index contributed by atoms with van der Waals surface area (Å²) in [6.45, 7) is 5.70. The highest BCUT2D eigenvalue weighted by Gasteiger charge is 2.29. The average Bonchev–Trinajstić information content (AvgIpc) is 2.68. The number of benzene rings is 2. The van der Waals surface area contributed by atoms with Crippen LogP contribution in [0.4, 0.5) is 5.69 Å². The van der Waals surface area contributed by atoms with Gasteiger partial charge in [-0.2, -0.15) is 0 Å². The molecule has 142 valence electrons. The van der Waals surface area contributed by atoms with Crippen LogP contribution in [-0.2, 0) is 4.79 Å². The van der Waals surface area contributed by atoms with Crippen LogP contribution >= 0.6 is 11.6 Å². The van der Waals surface area contributed by atoms with Gasteiger partial charge < -0.3 is 15.5 Å². The van der Waals surface area contributed by atoms with Gasteiger partial charge in [-0.3, -0.25) is 9.59 Å². The highest BCUT2D eigenvalue weighted by Crippen LogP contribution is 2.29. The molecule has 2 amide bonds. The molecule has 2 N–H and O–H groups in total. The van der Waals surface area contributed by atoms with Gasteiger partial charge in [0.2, 0.25) is 5.91 Å². The maximum Gasteiger partial charge on any atom is 0.254 e. The standard InChI is InChI=1S/C21H24ClN3O2/c1-14(2)20(26)24-16-9-7-15(8-10-16)21(27)25-12-11-23-13-19(25)17-5-3-4-6-18(17)22/h3-10,14,19,23H,11-13H2,1-2H3,(H,24,26). The van der Waals surface area contributed by atoms with Crippen molar-refractivity contribution in [3.05, 3.63) is 64.7 Å². The van der Waals surface area contributed by atoms with Crippen LogP contribution in [0.15, 0.2) is 48.5 Å². The molecule has 1 aliphatic heterocycles. The molecule has 6 heteroatoms. The molecule has 0 radical (unpaired) electrons. The van der Waals surface area contributed by atoms with Gasteiger partial charge in [0.1, 0.15) is 0 Å². The Morgan fingerprint density at radius 3 is 2.52 bits per heavy atom. The molecule has 0 aromatic heterocycles. The monoisotopic (exact) mass is 385 g/mol. The third-order valence-corrected chi connectivity index (χ3v) is 5.04. The molecular weight excluding hydrogens is 362 g/mol. The minimum absolute atomic E-state index is 0.0387. The minimum Gasteiger partial charge on any atom is -0.329 e. The number of amides is 2. The number of hydrogen-bond acceptors (Lipinski definition) is 3. The van der Waals surface area contributed by atoms with E-state index in [1.807, 2.05) is 43.0 Å². The summed E-state index contributed by atoms with van der Waals surface area (Å²) >= 11 is 6.36. The maximum atomic E-state index is 13.1. The van der Waals surface area contributed by atoms with E-state index < -0.39 is 0 Å². The zero-order valence-electron chi connectivity index (χ0n) is 15.5. The molecule has 0 saturated carbocycles. The largest absolute Gasteiger partial charge is 0.329 e. The van der Waals surface area contributed by atoms with Crippen molar-refractivity contribution >= 4 is 29.1 Å². The molecule has 1 aliphatic rings. The molecule has 0 bridgehead atoms. The third kappa shape index (κ3) is 4.49. The van der Waals surface area contributed by atoms with Gasteiger partial charge in [0.25, 0.3) is 5.91 Å². The lowest BCUT2D eigenvalue weighted by molar-refractivity contribution is -0.118. The Hall–Kier alpha value is -2.37. The van der Waals surface area contributed by atoms with Gasteiger partial charge >= 0.3 is 0 Å². The predicted molar refractivity (Wildman–Crippen MR) is 108 cm³/mol. The van der Waals surface area contributed by atoms with Crippen molar-refractivity contribution in [2.75, 3.05) is 25.0 Å². The number of piperazine rings is 1. The van der Waals surface area contributed by atoms with Crippen LogP contribution in [0.25, 0.3) is 0 Å². The van der Waals surface area contributed by atoms with Crippen molar-refractivity contribution in [3.63, 3.8) is 0 Å². The Morgan fingerprint density at radius 2 is 1.85 bits per heavy atom. The van der Waals surface area contributed by atoms with Gasteiger partial charge in [0.05, 0.1) is 6.04 Å². The van der Waals surface area contributed by atoms with E-state index in [1.54, 1.807) is 24.3 Å². The summed E-state index contributed by atoms with van der Waals surface area (Å²) in [5.74, 6) is -0.179. The Morgan fingerprint density at radius 1 is 1.15 bits per heavy atom. The van der Waals surface area contributed by atoms with E-state index in [0.29, 0.717) is 29.4 Å². The number of anilines is 1. The molecule has 1 atom stereocenters. The highest BCUT2D eigenvalue weighted by molar-refractivity contribution is 6.31. The van der Waals surface area contributed by atoms with Gasteiger partial charge in [-0.1, -0.05) is 43.6 Å². The van der Waals surface area contributed by atoms with Crippen LogP contribution in [0.5, 0.6) is 0 Å². The predicted octanol–water partition coefficient (Wildman–Crippen LogP) is 3.72. The number of carbonyl (C=O) groups is 2. The molecular formula is C21H24ClN3O2. The molecule has 3 rings (SSSR count). The van der Waals surface area contributed by atoms with E-state index >= 15 is 0 Å². The molecule has 0 aliphatic carbocycles. The molecule has 2 aromatic rings. The van der Waals surface area contributed by atoms with Crippen molar-refractivity contribution < 1.29 is 9.59 Å². The average molecular weight is 386 g/mol. The molecule has 5 nitrogen and oxygen atoms in total. The summed E-state index contributed by atoms with van der Waals surface area (Å²) in [5.41, 5.74) is 2.23. The van der Waals surface area contributed by atoms with E-state index in [4.69, 9.17) is 11.6 Å². The Bertz CT molecular complexity index is 820. The zero-order chi connectivity index (χ0) is 19.4. The van der Waals surface area contributed by atoms with Gasteiger partial charge in [-0.05, 0) is 35.9 Å². The van der Waals surface area contributed by atoms with Crippen molar-refractivity contribution in [3.8, 4) is 0 Å². The second kappa shape index (κ2) is 8.55. The van der Waals surface area contributed by atoms with Crippen molar-refractivity contribution in [1.82, 2.24) is 10.2 Å². The molecule has 1 unspecified atom stereocenters. The van der Waals surface area contributed by atoms with Gasteiger partial charge in [0, 0.05) is 41.8 Å². The first-order chi connectivity index (χ1) is 13.0. The van der Waals surface area contributed by atoms with E-state index in [-0.39, 0.29) is 23.8 Å². The van der Waals surface area contributed by atoms with Crippen LogP contribution in [0.3, 0.4) is 0 Å². The number of nitrogens with zero attached hydrogens (tertiary/aromatic N) is 1. The lowest BCUT2D eigenvalue weighted by Gasteiger charge is -2.37. The first-order valence-corrected chi connectivity index (χ1v) is 9.52. The number of nitrogens with one attached hydrogen (secondary N) is 2. The molecule has 27 heavy (non-hydrogen) atoms. The molecule has 1 fully saturated rings. The minimum atomic E-state index is -0.111. The normalized spacial score (nSPS) is 17.0. The molecule has 1 heterocycles. The zero-order valence-corrected chi connectivity index (χ0v) is 16.3. The number of halogens is 1. The van der Waals surface area contributed by atoms with E-state index in [0.717, 1.165) is 12.1 Å². The fraction of sp³-hybridized carbons (Fsp3) is 0.333. The highest BCUT2D eigenvalue weighted by atomic mass is 35.5. The Kier molecular flexibility index (Phi) is 6.14. The van der Waals surface area contributed by atoms with Crippen molar-refractivity contribution in [2.24, 2.45) is 5.92 Å². The van der Waals surface area contributed by atoms with Crippen LogP contribution < -0.4 is 10.6 Å². The maximum absolute atomic E-state index is 13.1. The van der Waals surface area contributed by atoms with Crippen LogP contribution in [0.2, 0.25) is 5.02 Å². The first-order valence-electron chi connectivity index (χ1n) is 9.14. The quantitative estimate of drug-likeness (QED) is 0.843. The number of hydrogen-bond donors (Lipinski definition) is 2. The number of rotatable bonds is 4. The number of carbonyl (C=O) groups excluding carboxylic acids is 2. The summed E-state index contributed by atoms with van der Waals surface area (Å²) < 4.78 is 0. The van der Waals surface area contributed by atoms with Crippen molar-refractivity contribution in [1.29, 1.82) is 0 Å². The lowest BCUT2D eigenvalue weighted by Crippen LogP contribution is -2.48. The fourth-order valence-corrected chi connectivity index (χ4v) is 3.38.